The van der Waals surface area contributed by atoms with Crippen LogP contribution in [0, 0.1) is 0 Å². The van der Waals surface area contributed by atoms with E-state index in [1.54, 1.807) is 18.2 Å². The number of aliphatic hydroxyl groups is 1. The van der Waals surface area contributed by atoms with Gasteiger partial charge in [0, 0.05) is 11.6 Å². The van der Waals surface area contributed by atoms with Crippen molar-refractivity contribution in [1.29, 1.82) is 0 Å². The fraction of sp³-hybridized carbons (Fsp3) is 0.200. The first-order chi connectivity index (χ1) is 13.8. The van der Waals surface area contributed by atoms with Gasteiger partial charge in [-0.05, 0) is 36.4 Å². The molecule has 9 heteroatoms. The minimum atomic E-state index is -3.44. The van der Waals surface area contributed by atoms with E-state index in [2.05, 4.69) is 4.98 Å². The largest absolute Gasteiger partial charge is 0.507 e. The summed E-state index contributed by atoms with van der Waals surface area (Å²) in [6.45, 7) is 1.54. The number of hydrogen-bond acceptors (Lipinski definition) is 8. The van der Waals surface area contributed by atoms with Crippen LogP contribution in [-0.2, 0) is 9.84 Å². The van der Waals surface area contributed by atoms with Crippen LogP contribution < -0.4 is 15.1 Å². The minimum Gasteiger partial charge on any atom is -0.507 e. The van der Waals surface area contributed by atoms with Crippen molar-refractivity contribution in [1.82, 2.24) is 4.98 Å². The number of rotatable bonds is 6. The molecule has 8 nitrogen and oxygen atoms in total. The smallest absolute Gasteiger partial charge is 0.362 e. The SMILES string of the molecule is CCS(=O)(=O)c1ccc2oc(=O)c(/C=C(\O)c3ccc(OC)c(OC)c3)nc2c1. The summed E-state index contributed by atoms with van der Waals surface area (Å²) in [5.41, 5.74) is -0.240. The third-order valence-electron chi connectivity index (χ3n) is 4.27. The van der Waals surface area contributed by atoms with Crippen LogP contribution in [0.3, 0.4) is 0 Å². The van der Waals surface area contributed by atoms with E-state index in [-0.39, 0.29) is 33.2 Å². The van der Waals surface area contributed by atoms with Gasteiger partial charge in [-0.25, -0.2) is 18.2 Å². The van der Waals surface area contributed by atoms with Crippen molar-refractivity contribution in [3.05, 3.63) is 58.1 Å². The zero-order chi connectivity index (χ0) is 21.2. The molecule has 0 aliphatic heterocycles. The van der Waals surface area contributed by atoms with E-state index < -0.39 is 15.5 Å². The number of methoxy groups -OCH3 is 2. The van der Waals surface area contributed by atoms with Crippen molar-refractivity contribution in [2.24, 2.45) is 0 Å². The van der Waals surface area contributed by atoms with Gasteiger partial charge in [0.2, 0.25) is 0 Å². The van der Waals surface area contributed by atoms with Gasteiger partial charge in [0.15, 0.2) is 32.6 Å². The molecule has 0 spiro atoms. The highest BCUT2D eigenvalue weighted by Gasteiger charge is 2.15. The zero-order valence-corrected chi connectivity index (χ0v) is 16.8. The summed E-state index contributed by atoms with van der Waals surface area (Å²) in [5.74, 6) is 0.569. The molecule has 0 saturated carbocycles. The van der Waals surface area contributed by atoms with Crippen LogP contribution in [-0.4, -0.2) is 38.5 Å². The van der Waals surface area contributed by atoms with Crippen LogP contribution in [0.4, 0.5) is 0 Å². The standard InChI is InChI=1S/C20H19NO7S/c1-4-29(24,25)13-6-8-17-14(10-13)21-15(20(23)28-17)11-16(22)12-5-7-18(26-2)19(9-12)27-3/h5-11,22H,4H2,1-3H3/b16-11-. The predicted molar refractivity (Wildman–Crippen MR) is 108 cm³/mol. The molecule has 0 aliphatic rings. The molecule has 1 heterocycles. The van der Waals surface area contributed by atoms with Crippen LogP contribution in [0.5, 0.6) is 11.5 Å². The van der Waals surface area contributed by atoms with E-state index in [1.807, 2.05) is 0 Å². The van der Waals surface area contributed by atoms with Crippen molar-refractivity contribution in [2.45, 2.75) is 11.8 Å². The molecule has 0 bridgehead atoms. The van der Waals surface area contributed by atoms with Crippen molar-refractivity contribution in [3.63, 3.8) is 0 Å². The van der Waals surface area contributed by atoms with Gasteiger partial charge in [-0.15, -0.1) is 0 Å². The van der Waals surface area contributed by atoms with Gasteiger partial charge in [-0.1, -0.05) is 6.92 Å². The van der Waals surface area contributed by atoms with Crippen LogP contribution >= 0.6 is 0 Å². The molecule has 0 aliphatic carbocycles. The Morgan fingerprint density at radius 1 is 1.14 bits per heavy atom. The summed E-state index contributed by atoms with van der Waals surface area (Å²) in [4.78, 5) is 16.5. The Bertz CT molecular complexity index is 1260. The third-order valence-corrected chi connectivity index (χ3v) is 6.01. The van der Waals surface area contributed by atoms with Crippen molar-refractivity contribution < 1.29 is 27.4 Å². The molecular weight excluding hydrogens is 398 g/mol. The van der Waals surface area contributed by atoms with E-state index in [9.17, 15) is 18.3 Å². The maximum Gasteiger partial charge on any atom is 0.362 e. The second-order valence-corrected chi connectivity index (χ2v) is 8.30. The van der Waals surface area contributed by atoms with Crippen LogP contribution in [0.1, 0.15) is 18.2 Å². The number of ether oxygens (including phenoxy) is 2. The second-order valence-electron chi connectivity index (χ2n) is 6.02. The first-order valence-corrected chi connectivity index (χ1v) is 10.2. The number of hydrogen-bond donors (Lipinski definition) is 1. The second kappa shape index (κ2) is 7.96. The van der Waals surface area contributed by atoms with Gasteiger partial charge in [0.05, 0.1) is 24.9 Å². The molecule has 0 atom stereocenters. The Balaban J connectivity index is 2.09. The summed E-state index contributed by atoms with van der Waals surface area (Å²) in [6, 6.07) is 8.82. The fourth-order valence-corrected chi connectivity index (χ4v) is 3.56. The monoisotopic (exact) mass is 417 g/mol. The average Bonchev–Trinajstić information content (AvgIpc) is 2.73. The molecule has 0 saturated heterocycles. The fourth-order valence-electron chi connectivity index (χ4n) is 2.66. The summed E-state index contributed by atoms with van der Waals surface area (Å²) in [7, 11) is -0.491. The lowest BCUT2D eigenvalue weighted by Crippen LogP contribution is -2.08. The Kier molecular flexibility index (Phi) is 5.60. The number of nitrogens with zero attached hydrogens (tertiary/aromatic N) is 1. The first kappa shape index (κ1) is 20.4. The van der Waals surface area contributed by atoms with Gasteiger partial charge >= 0.3 is 5.63 Å². The molecule has 0 amide bonds. The van der Waals surface area contributed by atoms with Crippen LogP contribution in [0.25, 0.3) is 22.9 Å². The van der Waals surface area contributed by atoms with E-state index in [0.29, 0.717) is 17.1 Å². The molecule has 1 aromatic heterocycles. The summed E-state index contributed by atoms with van der Waals surface area (Å²) in [5, 5.41) is 10.4. The number of aliphatic hydroxyl groups excluding tert-OH is 1. The van der Waals surface area contributed by atoms with E-state index in [1.165, 1.54) is 39.3 Å². The summed E-state index contributed by atoms with van der Waals surface area (Å²) in [6.07, 6.45) is 1.15. The number of fused-ring (bicyclic) bond motifs is 1. The normalized spacial score (nSPS) is 12.2. The van der Waals surface area contributed by atoms with Crippen molar-refractivity contribution in [2.75, 3.05) is 20.0 Å². The highest BCUT2D eigenvalue weighted by atomic mass is 32.2. The van der Waals surface area contributed by atoms with Gasteiger partial charge in [-0.3, -0.25) is 0 Å². The Labute approximate surface area is 167 Å². The van der Waals surface area contributed by atoms with Gasteiger partial charge in [0.25, 0.3) is 0 Å². The molecule has 0 fully saturated rings. The van der Waals surface area contributed by atoms with E-state index >= 15 is 0 Å². The Hall–Kier alpha value is -3.33. The number of benzene rings is 2. The van der Waals surface area contributed by atoms with Gasteiger partial charge in [-0.2, -0.15) is 0 Å². The molecule has 0 unspecified atom stereocenters. The quantitative estimate of drug-likeness (QED) is 0.609. The third kappa shape index (κ3) is 4.09. The maximum atomic E-state index is 12.2. The lowest BCUT2D eigenvalue weighted by atomic mass is 10.1. The molecule has 1 N–H and O–H groups in total. The Morgan fingerprint density at radius 2 is 1.86 bits per heavy atom. The minimum absolute atomic E-state index is 0.0673. The lowest BCUT2D eigenvalue weighted by molar-refractivity contribution is 0.354. The average molecular weight is 417 g/mol. The highest BCUT2D eigenvalue weighted by molar-refractivity contribution is 7.91. The molecule has 29 heavy (non-hydrogen) atoms. The van der Waals surface area contributed by atoms with Gasteiger partial charge < -0.3 is 19.0 Å². The lowest BCUT2D eigenvalue weighted by Gasteiger charge is -2.09. The topological polar surface area (TPSA) is 116 Å². The summed E-state index contributed by atoms with van der Waals surface area (Å²) >= 11 is 0. The number of sulfone groups is 1. The Morgan fingerprint density at radius 3 is 2.52 bits per heavy atom. The van der Waals surface area contributed by atoms with Crippen LogP contribution in [0.2, 0.25) is 0 Å². The maximum absolute atomic E-state index is 12.2. The van der Waals surface area contributed by atoms with E-state index in [0.717, 1.165) is 6.08 Å². The first-order valence-electron chi connectivity index (χ1n) is 8.59. The molecule has 0 radical (unpaired) electrons. The van der Waals surface area contributed by atoms with Crippen molar-refractivity contribution >= 4 is 32.8 Å². The van der Waals surface area contributed by atoms with Crippen LogP contribution in [0.15, 0.2) is 50.5 Å². The van der Waals surface area contributed by atoms with Crippen molar-refractivity contribution in [3.8, 4) is 11.5 Å². The zero-order valence-electron chi connectivity index (χ0n) is 16.0. The molecule has 2 aromatic carbocycles. The molecule has 152 valence electrons. The molecule has 3 aromatic rings. The number of aromatic nitrogens is 1. The predicted octanol–water partition coefficient (Wildman–Crippen LogP) is 3.05. The molecular formula is C20H19NO7S. The van der Waals surface area contributed by atoms with E-state index in [4.69, 9.17) is 13.9 Å². The highest BCUT2D eigenvalue weighted by Crippen LogP contribution is 2.30. The molecule has 3 rings (SSSR count). The van der Waals surface area contributed by atoms with Gasteiger partial charge in [0.1, 0.15) is 11.3 Å². The summed E-state index contributed by atoms with van der Waals surface area (Å²) < 4.78 is 39.7.